The van der Waals surface area contributed by atoms with Gasteiger partial charge in [-0.1, -0.05) is 12.1 Å². The Morgan fingerprint density at radius 1 is 1.12 bits per heavy atom. The Bertz CT molecular complexity index is 725. The SMILES string of the molecule is COc1ccc(CN2CCOC(COc3cccc(F)c3)C2)c(OC)c1. The van der Waals surface area contributed by atoms with E-state index in [2.05, 4.69) is 4.90 Å². The zero-order chi connectivity index (χ0) is 18.4. The van der Waals surface area contributed by atoms with E-state index in [1.165, 1.54) is 12.1 Å². The van der Waals surface area contributed by atoms with Crippen LogP contribution in [0.5, 0.6) is 17.2 Å². The lowest BCUT2D eigenvalue weighted by atomic mass is 10.1. The summed E-state index contributed by atoms with van der Waals surface area (Å²) in [6.45, 7) is 3.36. The van der Waals surface area contributed by atoms with Crippen LogP contribution >= 0.6 is 0 Å². The second kappa shape index (κ2) is 8.87. The van der Waals surface area contributed by atoms with Gasteiger partial charge < -0.3 is 18.9 Å². The van der Waals surface area contributed by atoms with Crippen LogP contribution in [0.2, 0.25) is 0 Å². The molecule has 0 N–H and O–H groups in total. The van der Waals surface area contributed by atoms with Gasteiger partial charge in [0.2, 0.25) is 0 Å². The highest BCUT2D eigenvalue weighted by atomic mass is 19.1. The molecule has 0 saturated carbocycles. The van der Waals surface area contributed by atoms with Gasteiger partial charge in [0, 0.05) is 37.3 Å². The van der Waals surface area contributed by atoms with Gasteiger partial charge in [0.1, 0.15) is 35.8 Å². The minimum Gasteiger partial charge on any atom is -0.497 e. The second-order valence-corrected chi connectivity index (χ2v) is 6.17. The number of rotatable bonds is 7. The third-order valence-corrected chi connectivity index (χ3v) is 4.34. The summed E-state index contributed by atoms with van der Waals surface area (Å²) in [5.74, 6) is 1.79. The molecular formula is C20H24FNO4. The Morgan fingerprint density at radius 2 is 2.00 bits per heavy atom. The van der Waals surface area contributed by atoms with E-state index in [-0.39, 0.29) is 11.9 Å². The van der Waals surface area contributed by atoms with Crippen molar-refractivity contribution >= 4 is 0 Å². The molecule has 140 valence electrons. The molecule has 26 heavy (non-hydrogen) atoms. The standard InChI is InChI=1S/C20H24FNO4/c1-23-17-7-6-15(20(11-17)24-2)12-22-8-9-25-19(13-22)14-26-18-5-3-4-16(21)10-18/h3-7,10-11,19H,8-9,12-14H2,1-2H3. The Labute approximate surface area is 153 Å². The number of methoxy groups -OCH3 is 2. The third kappa shape index (κ3) is 4.86. The monoisotopic (exact) mass is 361 g/mol. The van der Waals surface area contributed by atoms with Crippen LogP contribution in [0.1, 0.15) is 5.56 Å². The highest BCUT2D eigenvalue weighted by Crippen LogP contribution is 2.26. The van der Waals surface area contributed by atoms with Gasteiger partial charge in [0.25, 0.3) is 0 Å². The number of hydrogen-bond acceptors (Lipinski definition) is 5. The number of nitrogens with zero attached hydrogens (tertiary/aromatic N) is 1. The molecule has 0 bridgehead atoms. The van der Waals surface area contributed by atoms with E-state index < -0.39 is 0 Å². The summed E-state index contributed by atoms with van der Waals surface area (Å²) in [5, 5.41) is 0. The van der Waals surface area contributed by atoms with E-state index in [9.17, 15) is 4.39 Å². The molecule has 0 radical (unpaired) electrons. The summed E-state index contributed by atoms with van der Waals surface area (Å²) in [6.07, 6.45) is -0.0590. The van der Waals surface area contributed by atoms with E-state index in [0.29, 0.717) is 19.0 Å². The molecule has 0 amide bonds. The van der Waals surface area contributed by atoms with Crippen molar-refractivity contribution in [2.24, 2.45) is 0 Å². The van der Waals surface area contributed by atoms with Gasteiger partial charge in [-0.05, 0) is 18.2 Å². The Balaban J connectivity index is 1.56. The molecule has 5 nitrogen and oxygen atoms in total. The number of ether oxygens (including phenoxy) is 4. The highest BCUT2D eigenvalue weighted by molar-refractivity contribution is 5.40. The third-order valence-electron chi connectivity index (χ3n) is 4.34. The lowest BCUT2D eigenvalue weighted by Crippen LogP contribution is -2.44. The van der Waals surface area contributed by atoms with Gasteiger partial charge in [-0.25, -0.2) is 4.39 Å². The summed E-state index contributed by atoms with van der Waals surface area (Å²) in [6, 6.07) is 12.0. The van der Waals surface area contributed by atoms with Crippen LogP contribution in [0.15, 0.2) is 42.5 Å². The maximum Gasteiger partial charge on any atom is 0.127 e. The summed E-state index contributed by atoms with van der Waals surface area (Å²) in [4.78, 5) is 2.30. The summed E-state index contributed by atoms with van der Waals surface area (Å²) < 4.78 is 35.4. The van der Waals surface area contributed by atoms with Gasteiger partial charge in [0.05, 0.1) is 20.8 Å². The van der Waals surface area contributed by atoms with Crippen LogP contribution in [0.4, 0.5) is 4.39 Å². The largest absolute Gasteiger partial charge is 0.497 e. The van der Waals surface area contributed by atoms with Crippen molar-refractivity contribution < 1.29 is 23.3 Å². The zero-order valence-corrected chi connectivity index (χ0v) is 15.1. The fourth-order valence-corrected chi connectivity index (χ4v) is 2.99. The Morgan fingerprint density at radius 3 is 2.77 bits per heavy atom. The van der Waals surface area contributed by atoms with E-state index in [1.54, 1.807) is 26.4 Å². The lowest BCUT2D eigenvalue weighted by Gasteiger charge is -2.33. The van der Waals surface area contributed by atoms with Gasteiger partial charge in [-0.2, -0.15) is 0 Å². The number of halogens is 1. The predicted octanol–water partition coefficient (Wildman–Crippen LogP) is 3.12. The Kier molecular flexibility index (Phi) is 6.30. The quantitative estimate of drug-likeness (QED) is 0.758. The first-order valence-corrected chi connectivity index (χ1v) is 8.61. The molecule has 1 heterocycles. The van der Waals surface area contributed by atoms with E-state index in [0.717, 1.165) is 36.7 Å². The van der Waals surface area contributed by atoms with Crippen molar-refractivity contribution in [2.75, 3.05) is 40.5 Å². The van der Waals surface area contributed by atoms with Crippen LogP contribution in [0, 0.1) is 5.82 Å². The van der Waals surface area contributed by atoms with E-state index in [1.807, 2.05) is 18.2 Å². The van der Waals surface area contributed by atoms with E-state index in [4.69, 9.17) is 18.9 Å². The fourth-order valence-electron chi connectivity index (χ4n) is 2.99. The molecule has 6 heteroatoms. The fraction of sp³-hybridized carbons (Fsp3) is 0.400. The van der Waals surface area contributed by atoms with Crippen molar-refractivity contribution in [3.8, 4) is 17.2 Å². The molecule has 2 aromatic carbocycles. The molecule has 1 fully saturated rings. The minimum atomic E-state index is -0.305. The van der Waals surface area contributed by atoms with Gasteiger partial charge in [0.15, 0.2) is 0 Å². The first-order valence-electron chi connectivity index (χ1n) is 8.61. The number of benzene rings is 2. The first-order chi connectivity index (χ1) is 12.7. The molecule has 2 aromatic rings. The smallest absolute Gasteiger partial charge is 0.127 e. The zero-order valence-electron chi connectivity index (χ0n) is 15.1. The number of hydrogen-bond donors (Lipinski definition) is 0. The van der Waals surface area contributed by atoms with Crippen molar-refractivity contribution in [3.63, 3.8) is 0 Å². The first kappa shape index (κ1) is 18.5. The minimum absolute atomic E-state index is 0.0590. The van der Waals surface area contributed by atoms with Gasteiger partial charge >= 0.3 is 0 Å². The molecule has 1 aliphatic rings. The van der Waals surface area contributed by atoms with Crippen LogP contribution in [0.3, 0.4) is 0 Å². The van der Waals surface area contributed by atoms with Crippen LogP contribution in [-0.4, -0.2) is 51.5 Å². The molecule has 1 unspecified atom stereocenters. The molecule has 3 rings (SSSR count). The molecular weight excluding hydrogens is 337 g/mol. The molecule has 1 aliphatic heterocycles. The summed E-state index contributed by atoms with van der Waals surface area (Å²) in [7, 11) is 3.30. The average Bonchev–Trinajstić information content (AvgIpc) is 2.67. The normalized spacial score (nSPS) is 17.7. The second-order valence-electron chi connectivity index (χ2n) is 6.17. The van der Waals surface area contributed by atoms with Gasteiger partial charge in [-0.3, -0.25) is 4.90 Å². The lowest BCUT2D eigenvalue weighted by molar-refractivity contribution is -0.0505. The van der Waals surface area contributed by atoms with Crippen molar-refractivity contribution in [3.05, 3.63) is 53.8 Å². The summed E-state index contributed by atoms with van der Waals surface area (Å²) >= 11 is 0. The van der Waals surface area contributed by atoms with Gasteiger partial charge in [-0.15, -0.1) is 0 Å². The molecule has 0 spiro atoms. The summed E-state index contributed by atoms with van der Waals surface area (Å²) in [5.41, 5.74) is 1.10. The van der Waals surface area contributed by atoms with Crippen LogP contribution < -0.4 is 14.2 Å². The Hall–Kier alpha value is -2.31. The van der Waals surface area contributed by atoms with Crippen molar-refractivity contribution in [1.29, 1.82) is 0 Å². The van der Waals surface area contributed by atoms with Crippen molar-refractivity contribution in [2.45, 2.75) is 12.6 Å². The van der Waals surface area contributed by atoms with E-state index >= 15 is 0 Å². The molecule has 1 atom stereocenters. The number of morpholine rings is 1. The van der Waals surface area contributed by atoms with Crippen molar-refractivity contribution in [1.82, 2.24) is 4.90 Å². The van der Waals surface area contributed by atoms with Crippen LogP contribution in [0.25, 0.3) is 0 Å². The van der Waals surface area contributed by atoms with Crippen LogP contribution in [-0.2, 0) is 11.3 Å². The molecule has 0 aromatic heterocycles. The average molecular weight is 361 g/mol. The highest BCUT2D eigenvalue weighted by Gasteiger charge is 2.22. The maximum absolute atomic E-state index is 13.2. The molecule has 0 aliphatic carbocycles. The predicted molar refractivity (Wildman–Crippen MR) is 96.5 cm³/mol. The maximum atomic E-state index is 13.2. The topological polar surface area (TPSA) is 40.2 Å². The molecule has 1 saturated heterocycles.